The number of aryl methyl sites for hydroxylation is 1. The fourth-order valence-electron chi connectivity index (χ4n) is 2.90. The predicted octanol–water partition coefficient (Wildman–Crippen LogP) is 3.37. The molecule has 2 heterocycles. The van der Waals surface area contributed by atoms with Gasteiger partial charge in [-0.05, 0) is 70.5 Å². The van der Waals surface area contributed by atoms with Gasteiger partial charge >= 0.3 is 0 Å². The molecule has 0 bridgehead atoms. The van der Waals surface area contributed by atoms with Crippen molar-refractivity contribution in [3.05, 3.63) is 49.5 Å². The average Bonchev–Trinajstić information content (AvgIpc) is 2.86. The van der Waals surface area contributed by atoms with E-state index in [1.165, 1.54) is 26.1 Å². The lowest BCUT2D eigenvalue weighted by atomic mass is 9.80. The van der Waals surface area contributed by atoms with Gasteiger partial charge in [-0.25, -0.2) is 0 Å². The molecule has 1 aliphatic carbocycles. The van der Waals surface area contributed by atoms with E-state index in [0.717, 1.165) is 12.8 Å². The molecule has 2 aromatic rings. The molecule has 19 heavy (non-hydrogen) atoms. The zero-order valence-electron chi connectivity index (χ0n) is 10.5. The lowest BCUT2D eigenvalue weighted by Crippen LogP contribution is -2.34. The molecule has 2 unspecified atom stereocenters. The van der Waals surface area contributed by atoms with Gasteiger partial charge in [0.25, 0.3) is 0 Å². The van der Waals surface area contributed by atoms with E-state index in [2.05, 4.69) is 50.5 Å². The molecule has 100 valence electrons. The fraction of sp³-hybridized carbons (Fsp3) is 0.357. The summed E-state index contributed by atoms with van der Waals surface area (Å²) in [6, 6.07) is 6.60. The maximum Gasteiger partial charge on any atom is 0.0656 e. The molecule has 0 spiro atoms. The van der Waals surface area contributed by atoms with Crippen molar-refractivity contribution in [2.75, 3.05) is 0 Å². The highest BCUT2D eigenvalue weighted by atomic mass is 127. The van der Waals surface area contributed by atoms with Crippen LogP contribution in [0, 0.1) is 2.88 Å². The van der Waals surface area contributed by atoms with E-state index in [1.807, 2.05) is 12.3 Å². The summed E-state index contributed by atoms with van der Waals surface area (Å²) < 4.78 is 1.30. The third-order valence-electron chi connectivity index (χ3n) is 3.77. The van der Waals surface area contributed by atoms with Crippen LogP contribution in [0.15, 0.2) is 29.8 Å². The lowest BCUT2D eigenvalue weighted by Gasteiger charge is -2.30. The van der Waals surface area contributed by atoms with Crippen molar-refractivity contribution in [3.63, 3.8) is 0 Å². The highest BCUT2D eigenvalue weighted by Gasteiger charge is 2.29. The summed E-state index contributed by atoms with van der Waals surface area (Å²) in [4.78, 5) is 4.61. The minimum atomic E-state index is 0.161. The van der Waals surface area contributed by atoms with Gasteiger partial charge in [0, 0.05) is 17.8 Å². The van der Waals surface area contributed by atoms with Gasteiger partial charge in [-0.3, -0.25) is 16.3 Å². The lowest BCUT2D eigenvalue weighted by molar-refractivity contribution is 0.400. The molecule has 0 saturated heterocycles. The molecule has 0 saturated carbocycles. The van der Waals surface area contributed by atoms with Crippen molar-refractivity contribution in [1.29, 1.82) is 0 Å². The first-order valence-electron chi connectivity index (χ1n) is 6.43. The number of aromatic nitrogens is 1. The number of fused-ring (bicyclic) bond motifs is 1. The molecular weight excluding hydrogens is 369 g/mol. The fourth-order valence-corrected chi connectivity index (χ4v) is 4.31. The van der Waals surface area contributed by atoms with Crippen LogP contribution in [0.1, 0.15) is 41.6 Å². The molecule has 0 fully saturated rings. The van der Waals surface area contributed by atoms with Gasteiger partial charge in [-0.2, -0.15) is 0 Å². The SMILES string of the molecule is NNC(c1csc(I)c1)C1CCCc2cccnc21. The molecule has 0 amide bonds. The smallest absolute Gasteiger partial charge is 0.0656 e. The number of hydrazine groups is 1. The highest BCUT2D eigenvalue weighted by molar-refractivity contribution is 14.1. The summed E-state index contributed by atoms with van der Waals surface area (Å²) in [5, 5.41) is 2.20. The van der Waals surface area contributed by atoms with Gasteiger partial charge in [-0.1, -0.05) is 6.07 Å². The number of nitrogens with two attached hydrogens (primary N) is 1. The normalized spacial score (nSPS) is 20.0. The first-order chi connectivity index (χ1) is 9.29. The van der Waals surface area contributed by atoms with Crippen molar-refractivity contribution in [2.24, 2.45) is 5.84 Å². The largest absolute Gasteiger partial charge is 0.271 e. The molecule has 0 aliphatic heterocycles. The van der Waals surface area contributed by atoms with Crippen LogP contribution in [0.5, 0.6) is 0 Å². The standard InChI is InChI=1S/C14H16IN3S/c15-12-7-10(8-19-12)14(18-16)11-5-1-3-9-4-2-6-17-13(9)11/h2,4,6-8,11,14,18H,1,3,5,16H2. The van der Waals surface area contributed by atoms with E-state index in [0.29, 0.717) is 5.92 Å². The summed E-state index contributed by atoms with van der Waals surface area (Å²) in [7, 11) is 0. The summed E-state index contributed by atoms with van der Waals surface area (Å²) >= 11 is 4.12. The van der Waals surface area contributed by atoms with Crippen molar-refractivity contribution >= 4 is 33.9 Å². The van der Waals surface area contributed by atoms with E-state index in [4.69, 9.17) is 5.84 Å². The number of hydrogen-bond acceptors (Lipinski definition) is 4. The zero-order chi connectivity index (χ0) is 13.2. The number of nitrogens with zero attached hydrogens (tertiary/aromatic N) is 1. The second kappa shape index (κ2) is 5.87. The Hall–Kier alpha value is -0.500. The van der Waals surface area contributed by atoms with Gasteiger partial charge in [0.1, 0.15) is 0 Å². The van der Waals surface area contributed by atoms with Gasteiger partial charge in [0.2, 0.25) is 0 Å². The maximum atomic E-state index is 5.83. The third-order valence-corrected chi connectivity index (χ3v) is 5.57. The summed E-state index contributed by atoms with van der Waals surface area (Å²) in [5.41, 5.74) is 6.88. The molecule has 0 radical (unpaired) electrons. The Bertz CT molecular complexity index is 569. The number of pyridine rings is 1. The van der Waals surface area contributed by atoms with Crippen molar-refractivity contribution in [1.82, 2.24) is 10.4 Å². The Labute approximate surface area is 130 Å². The summed E-state index contributed by atoms with van der Waals surface area (Å²) in [6.45, 7) is 0. The highest BCUT2D eigenvalue weighted by Crippen LogP contribution is 2.39. The molecule has 3 rings (SSSR count). The summed E-state index contributed by atoms with van der Waals surface area (Å²) in [5.74, 6) is 6.20. The van der Waals surface area contributed by atoms with Crippen LogP contribution < -0.4 is 11.3 Å². The number of hydrogen-bond donors (Lipinski definition) is 2. The Morgan fingerprint density at radius 3 is 3.16 bits per heavy atom. The average molecular weight is 385 g/mol. The van der Waals surface area contributed by atoms with Crippen molar-refractivity contribution in [2.45, 2.75) is 31.2 Å². The monoisotopic (exact) mass is 385 g/mol. The minimum absolute atomic E-state index is 0.161. The van der Waals surface area contributed by atoms with Gasteiger partial charge in [0.05, 0.1) is 8.93 Å². The van der Waals surface area contributed by atoms with E-state index in [1.54, 1.807) is 11.3 Å². The van der Waals surface area contributed by atoms with Crippen LogP contribution in [0.3, 0.4) is 0 Å². The van der Waals surface area contributed by atoms with E-state index < -0.39 is 0 Å². The number of nitrogens with one attached hydrogen (secondary N) is 1. The number of rotatable bonds is 3. The number of halogens is 1. The Morgan fingerprint density at radius 1 is 1.53 bits per heavy atom. The van der Waals surface area contributed by atoms with E-state index >= 15 is 0 Å². The second-order valence-electron chi connectivity index (χ2n) is 4.87. The minimum Gasteiger partial charge on any atom is -0.271 e. The zero-order valence-corrected chi connectivity index (χ0v) is 13.4. The van der Waals surface area contributed by atoms with Crippen molar-refractivity contribution < 1.29 is 0 Å². The summed E-state index contributed by atoms with van der Waals surface area (Å²) in [6.07, 6.45) is 5.38. The van der Waals surface area contributed by atoms with Crippen LogP contribution in [-0.2, 0) is 6.42 Å². The van der Waals surface area contributed by atoms with Crippen LogP contribution in [-0.4, -0.2) is 4.98 Å². The van der Waals surface area contributed by atoms with Crippen LogP contribution in [0.25, 0.3) is 0 Å². The number of thiophene rings is 1. The van der Waals surface area contributed by atoms with Crippen LogP contribution in [0.2, 0.25) is 0 Å². The first kappa shape index (κ1) is 13.5. The Morgan fingerprint density at radius 2 is 2.42 bits per heavy atom. The van der Waals surface area contributed by atoms with Crippen LogP contribution >= 0.6 is 33.9 Å². The molecule has 3 N–H and O–H groups in total. The third kappa shape index (κ3) is 2.69. The molecule has 1 aliphatic rings. The van der Waals surface area contributed by atoms with E-state index in [9.17, 15) is 0 Å². The van der Waals surface area contributed by atoms with Gasteiger partial charge in [0.15, 0.2) is 0 Å². The topological polar surface area (TPSA) is 50.9 Å². The predicted molar refractivity (Wildman–Crippen MR) is 87.0 cm³/mol. The Balaban J connectivity index is 1.97. The van der Waals surface area contributed by atoms with Gasteiger partial charge < -0.3 is 0 Å². The molecule has 5 heteroatoms. The van der Waals surface area contributed by atoms with Gasteiger partial charge in [-0.15, -0.1) is 11.3 Å². The molecular formula is C14H16IN3S. The molecule has 2 atom stereocenters. The first-order valence-corrected chi connectivity index (χ1v) is 8.39. The molecule has 3 nitrogen and oxygen atoms in total. The second-order valence-corrected chi connectivity index (χ2v) is 7.68. The van der Waals surface area contributed by atoms with Crippen LogP contribution in [0.4, 0.5) is 0 Å². The van der Waals surface area contributed by atoms with E-state index in [-0.39, 0.29) is 6.04 Å². The van der Waals surface area contributed by atoms with Crippen molar-refractivity contribution in [3.8, 4) is 0 Å². The molecule has 0 aromatic carbocycles. The Kier molecular flexibility index (Phi) is 4.16. The maximum absolute atomic E-state index is 5.83. The molecule has 2 aromatic heterocycles. The quantitative estimate of drug-likeness (QED) is 0.484.